The molecule has 0 saturated heterocycles. The predicted octanol–water partition coefficient (Wildman–Crippen LogP) is 2.01. The monoisotopic (exact) mass is 263 g/mol. The van der Waals surface area contributed by atoms with Gasteiger partial charge in [0.1, 0.15) is 7.85 Å². The summed E-state index contributed by atoms with van der Waals surface area (Å²) >= 11 is 1.38. The standard InChI is InChI=1S/C11H8BF2N3S/c1-18-10-7(12)5-15-11(17-10)16-6-2-3-8(13)9(14)4-6/h2-5H,1H3,(H,15,16,17). The summed E-state index contributed by atoms with van der Waals surface area (Å²) in [7, 11) is 5.65. The fourth-order valence-corrected chi connectivity index (χ4v) is 1.77. The third-order valence-electron chi connectivity index (χ3n) is 2.15. The van der Waals surface area contributed by atoms with Crippen LogP contribution in [0.5, 0.6) is 0 Å². The lowest BCUT2D eigenvalue weighted by Crippen LogP contribution is -2.11. The predicted molar refractivity (Wildman–Crippen MR) is 68.8 cm³/mol. The van der Waals surface area contributed by atoms with Crippen LogP contribution in [0, 0.1) is 11.6 Å². The number of halogens is 2. The molecule has 2 radical (unpaired) electrons. The quantitative estimate of drug-likeness (QED) is 0.522. The molecule has 0 spiro atoms. The number of rotatable bonds is 3. The average molecular weight is 263 g/mol. The van der Waals surface area contributed by atoms with E-state index in [1.54, 1.807) is 0 Å². The highest BCUT2D eigenvalue weighted by molar-refractivity contribution is 7.98. The van der Waals surface area contributed by atoms with Crippen LogP contribution in [0.2, 0.25) is 0 Å². The fraction of sp³-hybridized carbons (Fsp3) is 0.0909. The maximum atomic E-state index is 13.0. The number of nitrogens with one attached hydrogen (secondary N) is 1. The molecule has 0 bridgehead atoms. The molecule has 0 aliphatic carbocycles. The van der Waals surface area contributed by atoms with Crippen molar-refractivity contribution in [1.82, 2.24) is 9.97 Å². The molecule has 2 rings (SSSR count). The number of anilines is 2. The van der Waals surface area contributed by atoms with E-state index in [9.17, 15) is 8.78 Å². The molecule has 7 heteroatoms. The van der Waals surface area contributed by atoms with E-state index in [0.717, 1.165) is 12.1 Å². The Morgan fingerprint density at radius 2 is 2.06 bits per heavy atom. The van der Waals surface area contributed by atoms with Crippen LogP contribution in [-0.2, 0) is 0 Å². The molecular weight excluding hydrogens is 255 g/mol. The normalized spacial score (nSPS) is 10.4. The van der Waals surface area contributed by atoms with Crippen LogP contribution in [0.4, 0.5) is 20.4 Å². The third-order valence-corrected chi connectivity index (χ3v) is 2.86. The molecule has 0 amide bonds. The van der Waals surface area contributed by atoms with Crippen molar-refractivity contribution in [2.75, 3.05) is 11.6 Å². The fourth-order valence-electron chi connectivity index (χ4n) is 1.30. The van der Waals surface area contributed by atoms with Gasteiger partial charge in [-0.15, -0.1) is 11.8 Å². The molecule has 1 aromatic heterocycles. The number of hydrogen-bond acceptors (Lipinski definition) is 4. The van der Waals surface area contributed by atoms with Crippen LogP contribution >= 0.6 is 11.8 Å². The lowest BCUT2D eigenvalue weighted by molar-refractivity contribution is 0.509. The highest BCUT2D eigenvalue weighted by atomic mass is 32.2. The molecule has 0 aliphatic heterocycles. The summed E-state index contributed by atoms with van der Waals surface area (Å²) in [6, 6.07) is 3.47. The smallest absolute Gasteiger partial charge is 0.228 e. The van der Waals surface area contributed by atoms with E-state index in [4.69, 9.17) is 7.85 Å². The zero-order valence-electron chi connectivity index (χ0n) is 9.45. The van der Waals surface area contributed by atoms with Gasteiger partial charge in [-0.1, -0.05) is 0 Å². The van der Waals surface area contributed by atoms with Crippen molar-refractivity contribution in [3.05, 3.63) is 36.0 Å². The second-order valence-corrected chi connectivity index (χ2v) is 4.21. The van der Waals surface area contributed by atoms with Gasteiger partial charge >= 0.3 is 0 Å². The molecule has 0 atom stereocenters. The molecule has 1 heterocycles. The maximum absolute atomic E-state index is 13.0. The Morgan fingerprint density at radius 1 is 1.28 bits per heavy atom. The van der Waals surface area contributed by atoms with E-state index >= 15 is 0 Å². The van der Waals surface area contributed by atoms with E-state index in [2.05, 4.69) is 15.3 Å². The molecule has 2 aromatic rings. The number of benzene rings is 1. The van der Waals surface area contributed by atoms with Crippen LogP contribution in [-0.4, -0.2) is 24.1 Å². The van der Waals surface area contributed by atoms with Crippen molar-refractivity contribution < 1.29 is 8.78 Å². The molecule has 18 heavy (non-hydrogen) atoms. The van der Waals surface area contributed by atoms with E-state index in [1.807, 2.05) is 6.26 Å². The highest BCUT2D eigenvalue weighted by Gasteiger charge is 2.05. The van der Waals surface area contributed by atoms with Crippen LogP contribution in [0.25, 0.3) is 0 Å². The Bertz CT molecular complexity index is 580. The second kappa shape index (κ2) is 5.35. The molecule has 0 saturated carbocycles. The summed E-state index contributed by atoms with van der Waals surface area (Å²) in [4.78, 5) is 8.10. The van der Waals surface area contributed by atoms with Gasteiger partial charge in [0.05, 0.1) is 5.03 Å². The number of thioether (sulfide) groups is 1. The van der Waals surface area contributed by atoms with Crippen LogP contribution in [0.3, 0.4) is 0 Å². The van der Waals surface area contributed by atoms with E-state index in [1.165, 1.54) is 24.0 Å². The average Bonchev–Trinajstić information content (AvgIpc) is 2.36. The number of hydrogen-bond donors (Lipinski definition) is 1. The van der Waals surface area contributed by atoms with Gasteiger partial charge in [0.15, 0.2) is 11.6 Å². The third kappa shape index (κ3) is 2.79. The molecule has 0 fully saturated rings. The number of nitrogens with zero attached hydrogens (tertiary/aromatic N) is 2. The van der Waals surface area contributed by atoms with Gasteiger partial charge < -0.3 is 5.32 Å². The minimum Gasteiger partial charge on any atom is -0.324 e. The van der Waals surface area contributed by atoms with Gasteiger partial charge in [-0.2, -0.15) is 0 Å². The van der Waals surface area contributed by atoms with Crippen LogP contribution in [0.15, 0.2) is 29.4 Å². The first-order chi connectivity index (χ1) is 8.60. The lowest BCUT2D eigenvalue weighted by atomic mass is 10.0. The largest absolute Gasteiger partial charge is 0.324 e. The molecule has 3 nitrogen and oxygen atoms in total. The summed E-state index contributed by atoms with van der Waals surface area (Å²) in [5.41, 5.74) is 0.837. The summed E-state index contributed by atoms with van der Waals surface area (Å²) in [6.45, 7) is 0. The zero-order valence-corrected chi connectivity index (χ0v) is 10.3. The SMILES string of the molecule is [B]c1cnc(Nc2ccc(F)c(F)c2)nc1SC. The first-order valence-corrected chi connectivity index (χ1v) is 6.21. The summed E-state index contributed by atoms with van der Waals surface area (Å²) in [6.07, 6.45) is 3.29. The van der Waals surface area contributed by atoms with Crippen molar-refractivity contribution >= 4 is 36.7 Å². The van der Waals surface area contributed by atoms with Gasteiger partial charge in [0, 0.05) is 18.0 Å². The van der Waals surface area contributed by atoms with Crippen molar-refractivity contribution in [3.8, 4) is 0 Å². The summed E-state index contributed by atoms with van der Waals surface area (Å²) < 4.78 is 25.8. The van der Waals surface area contributed by atoms with Crippen molar-refractivity contribution in [2.24, 2.45) is 0 Å². The minimum atomic E-state index is -0.930. The van der Waals surface area contributed by atoms with Gasteiger partial charge in [0.2, 0.25) is 5.95 Å². The van der Waals surface area contributed by atoms with Gasteiger partial charge in [0.25, 0.3) is 0 Å². The first-order valence-electron chi connectivity index (χ1n) is 4.98. The van der Waals surface area contributed by atoms with Crippen molar-refractivity contribution in [2.45, 2.75) is 5.03 Å². The Labute approximate surface area is 108 Å². The van der Waals surface area contributed by atoms with Crippen molar-refractivity contribution in [1.29, 1.82) is 0 Å². The van der Waals surface area contributed by atoms with E-state index in [0.29, 0.717) is 16.2 Å². The van der Waals surface area contributed by atoms with Crippen molar-refractivity contribution in [3.63, 3.8) is 0 Å². The van der Waals surface area contributed by atoms with Gasteiger partial charge in [-0.25, -0.2) is 18.7 Å². The molecule has 90 valence electrons. The minimum absolute atomic E-state index is 0.277. The molecule has 0 aliphatic rings. The second-order valence-electron chi connectivity index (χ2n) is 3.41. The Kier molecular flexibility index (Phi) is 3.81. The Balaban J connectivity index is 2.25. The summed E-state index contributed by atoms with van der Waals surface area (Å²) in [5, 5.41) is 3.40. The molecule has 0 unspecified atom stereocenters. The Morgan fingerprint density at radius 3 is 2.72 bits per heavy atom. The van der Waals surface area contributed by atoms with E-state index in [-0.39, 0.29) is 5.95 Å². The highest BCUT2D eigenvalue weighted by Crippen LogP contribution is 2.17. The Hall–Kier alpha value is -1.63. The maximum Gasteiger partial charge on any atom is 0.228 e. The van der Waals surface area contributed by atoms with Gasteiger partial charge in [-0.05, 0) is 23.9 Å². The topological polar surface area (TPSA) is 37.8 Å². The zero-order chi connectivity index (χ0) is 13.1. The van der Waals surface area contributed by atoms with Crippen LogP contribution < -0.4 is 10.8 Å². The molecule has 1 N–H and O–H groups in total. The van der Waals surface area contributed by atoms with E-state index < -0.39 is 11.6 Å². The molecular formula is C11H8BF2N3S. The molecule has 1 aromatic carbocycles. The lowest BCUT2D eigenvalue weighted by Gasteiger charge is -2.07. The first kappa shape index (κ1) is 12.8. The number of aromatic nitrogens is 2. The van der Waals surface area contributed by atoms with Gasteiger partial charge in [-0.3, -0.25) is 0 Å². The summed E-state index contributed by atoms with van der Waals surface area (Å²) in [5.74, 6) is -1.55. The van der Waals surface area contributed by atoms with Crippen LogP contribution in [0.1, 0.15) is 0 Å².